The fourth-order valence-electron chi connectivity index (χ4n) is 1.80. The lowest BCUT2D eigenvalue weighted by Crippen LogP contribution is -2.34. The summed E-state index contributed by atoms with van der Waals surface area (Å²) in [6.07, 6.45) is 2.86. The van der Waals surface area contributed by atoms with Crippen LogP contribution in [-0.4, -0.2) is 29.2 Å². The monoisotopic (exact) mass is 336 g/mol. The number of ether oxygens (including phenoxy) is 1. The van der Waals surface area contributed by atoms with Gasteiger partial charge in [0.15, 0.2) is 5.11 Å². The van der Waals surface area contributed by atoms with Crippen LogP contribution in [-0.2, 0) is 9.59 Å². The second kappa shape index (κ2) is 8.89. The van der Waals surface area contributed by atoms with E-state index in [4.69, 9.17) is 22.1 Å². The maximum atomic E-state index is 11.7. The Morgan fingerprint density at radius 2 is 2.09 bits per heavy atom. The summed E-state index contributed by atoms with van der Waals surface area (Å²) in [7, 11) is 1.51. The van der Waals surface area contributed by atoms with Gasteiger partial charge in [-0.2, -0.15) is 0 Å². The molecule has 1 aromatic carbocycles. The predicted molar refractivity (Wildman–Crippen MR) is 93.5 cm³/mol. The number of carbonyl (C=O) groups excluding carboxylic acids is 1. The van der Waals surface area contributed by atoms with Crippen LogP contribution in [0.4, 0.5) is 5.69 Å². The maximum Gasteiger partial charge on any atom is 0.328 e. The van der Waals surface area contributed by atoms with Gasteiger partial charge in [0.1, 0.15) is 5.75 Å². The van der Waals surface area contributed by atoms with Crippen molar-refractivity contribution in [1.82, 2.24) is 5.32 Å². The number of benzene rings is 1. The van der Waals surface area contributed by atoms with Crippen LogP contribution in [0.25, 0.3) is 6.08 Å². The number of hydrogen-bond acceptors (Lipinski definition) is 4. The second-order valence-electron chi connectivity index (χ2n) is 5.23. The van der Waals surface area contributed by atoms with E-state index in [9.17, 15) is 9.59 Å². The van der Waals surface area contributed by atoms with E-state index in [0.29, 0.717) is 23.4 Å². The van der Waals surface area contributed by atoms with Gasteiger partial charge in [-0.05, 0) is 41.9 Å². The first kappa shape index (κ1) is 18.6. The van der Waals surface area contributed by atoms with Gasteiger partial charge in [0.25, 0.3) is 0 Å². The molecule has 0 spiro atoms. The zero-order chi connectivity index (χ0) is 17.4. The van der Waals surface area contributed by atoms with Crippen LogP contribution in [0.1, 0.15) is 25.8 Å². The van der Waals surface area contributed by atoms with Gasteiger partial charge < -0.3 is 20.5 Å². The van der Waals surface area contributed by atoms with E-state index in [2.05, 4.69) is 10.6 Å². The third-order valence-electron chi connectivity index (χ3n) is 2.74. The highest BCUT2D eigenvalue weighted by Crippen LogP contribution is 2.26. The van der Waals surface area contributed by atoms with Crippen LogP contribution in [0.15, 0.2) is 24.3 Å². The van der Waals surface area contributed by atoms with Gasteiger partial charge in [0.05, 0.1) is 12.8 Å². The normalized spacial score (nSPS) is 10.6. The number of methoxy groups -OCH3 is 1. The Labute approximate surface area is 140 Å². The lowest BCUT2D eigenvalue weighted by molar-refractivity contribution is -0.131. The number of nitrogens with one attached hydrogen (secondary N) is 2. The lowest BCUT2D eigenvalue weighted by atomic mass is 10.1. The molecule has 6 nitrogen and oxygen atoms in total. The summed E-state index contributed by atoms with van der Waals surface area (Å²) >= 11 is 5.11. The molecule has 0 unspecified atom stereocenters. The Morgan fingerprint density at radius 1 is 1.39 bits per heavy atom. The van der Waals surface area contributed by atoms with Crippen molar-refractivity contribution >= 4 is 41.0 Å². The molecule has 0 aliphatic rings. The van der Waals surface area contributed by atoms with Gasteiger partial charge in [0, 0.05) is 12.5 Å². The minimum Gasteiger partial charge on any atom is -0.495 e. The molecule has 0 aliphatic carbocycles. The van der Waals surface area contributed by atoms with Gasteiger partial charge in [-0.15, -0.1) is 0 Å². The third kappa shape index (κ3) is 6.92. The molecule has 0 atom stereocenters. The molecule has 0 heterocycles. The Morgan fingerprint density at radius 3 is 2.65 bits per heavy atom. The molecule has 23 heavy (non-hydrogen) atoms. The summed E-state index contributed by atoms with van der Waals surface area (Å²) in [4.78, 5) is 22.3. The number of thiocarbonyl (C=S) groups is 1. The lowest BCUT2D eigenvalue weighted by Gasteiger charge is -2.14. The van der Waals surface area contributed by atoms with Gasteiger partial charge in [0.2, 0.25) is 5.91 Å². The van der Waals surface area contributed by atoms with Gasteiger partial charge in [-0.25, -0.2) is 4.79 Å². The number of carboxylic acids is 1. The van der Waals surface area contributed by atoms with E-state index in [1.54, 1.807) is 18.2 Å². The van der Waals surface area contributed by atoms with Gasteiger partial charge in [-0.3, -0.25) is 4.79 Å². The highest BCUT2D eigenvalue weighted by Gasteiger charge is 2.10. The van der Waals surface area contributed by atoms with Crippen LogP contribution in [0, 0.1) is 5.92 Å². The molecule has 0 aliphatic heterocycles. The average molecular weight is 336 g/mol. The number of anilines is 1. The molecule has 124 valence electrons. The Kier molecular flexibility index (Phi) is 7.21. The molecule has 0 aromatic heterocycles. The number of carboxylic acid groups (broad SMARTS) is 1. The third-order valence-corrected chi connectivity index (χ3v) is 2.94. The number of rotatable bonds is 6. The van der Waals surface area contributed by atoms with E-state index >= 15 is 0 Å². The number of aliphatic carboxylic acids is 1. The Bertz CT molecular complexity index is 627. The SMILES string of the molecule is COc1ccc(/C=C/C(=O)O)cc1NC(=S)NC(=O)CC(C)C. The summed E-state index contributed by atoms with van der Waals surface area (Å²) in [5.41, 5.74) is 1.20. The fourth-order valence-corrected chi connectivity index (χ4v) is 2.02. The van der Waals surface area contributed by atoms with Crippen molar-refractivity contribution in [2.45, 2.75) is 20.3 Å². The van der Waals surface area contributed by atoms with E-state index in [1.807, 2.05) is 13.8 Å². The maximum absolute atomic E-state index is 11.7. The van der Waals surface area contributed by atoms with E-state index < -0.39 is 5.97 Å². The zero-order valence-electron chi connectivity index (χ0n) is 13.3. The van der Waals surface area contributed by atoms with E-state index in [1.165, 1.54) is 13.2 Å². The Hall–Kier alpha value is -2.41. The summed E-state index contributed by atoms with van der Waals surface area (Å²) in [6.45, 7) is 3.88. The first-order chi connectivity index (χ1) is 10.8. The molecular weight excluding hydrogens is 316 g/mol. The second-order valence-corrected chi connectivity index (χ2v) is 5.64. The summed E-state index contributed by atoms with van der Waals surface area (Å²) in [5.74, 6) is -0.444. The van der Waals surface area contributed by atoms with E-state index in [-0.39, 0.29) is 16.9 Å². The number of amides is 1. The topological polar surface area (TPSA) is 87.7 Å². The van der Waals surface area contributed by atoms with Crippen LogP contribution < -0.4 is 15.4 Å². The smallest absolute Gasteiger partial charge is 0.328 e. The van der Waals surface area contributed by atoms with Crippen LogP contribution in [0.5, 0.6) is 5.75 Å². The number of carbonyl (C=O) groups is 2. The minimum atomic E-state index is -1.04. The zero-order valence-corrected chi connectivity index (χ0v) is 14.1. The molecule has 1 amide bonds. The molecule has 0 radical (unpaired) electrons. The van der Waals surface area contributed by atoms with Crippen LogP contribution in [0.2, 0.25) is 0 Å². The molecule has 0 bridgehead atoms. The van der Waals surface area contributed by atoms with Crippen molar-refractivity contribution in [3.63, 3.8) is 0 Å². The molecule has 7 heteroatoms. The Balaban J connectivity index is 2.84. The van der Waals surface area contributed by atoms with Crippen LogP contribution in [0.3, 0.4) is 0 Å². The summed E-state index contributed by atoms with van der Waals surface area (Å²) < 4.78 is 5.22. The first-order valence-electron chi connectivity index (χ1n) is 7.01. The fraction of sp³-hybridized carbons (Fsp3) is 0.312. The van der Waals surface area contributed by atoms with Crippen LogP contribution >= 0.6 is 12.2 Å². The molecule has 3 N–H and O–H groups in total. The summed E-state index contributed by atoms with van der Waals surface area (Å²) in [5, 5.41) is 14.3. The highest BCUT2D eigenvalue weighted by atomic mass is 32.1. The average Bonchev–Trinajstić information content (AvgIpc) is 2.44. The molecular formula is C16H20N2O4S. The molecule has 0 saturated carbocycles. The van der Waals surface area contributed by atoms with Crippen molar-refractivity contribution in [3.8, 4) is 5.75 Å². The van der Waals surface area contributed by atoms with Crippen molar-refractivity contribution in [3.05, 3.63) is 29.8 Å². The predicted octanol–water partition coefficient (Wildman–Crippen LogP) is 2.65. The van der Waals surface area contributed by atoms with Crippen molar-refractivity contribution < 1.29 is 19.4 Å². The quantitative estimate of drug-likeness (QED) is 0.547. The highest BCUT2D eigenvalue weighted by molar-refractivity contribution is 7.80. The summed E-state index contributed by atoms with van der Waals surface area (Å²) in [6, 6.07) is 5.07. The molecule has 1 rings (SSSR count). The first-order valence-corrected chi connectivity index (χ1v) is 7.42. The van der Waals surface area contributed by atoms with Crippen molar-refractivity contribution in [2.24, 2.45) is 5.92 Å². The standard InChI is InChI=1S/C16H20N2O4S/c1-10(2)8-14(19)18-16(23)17-12-9-11(5-7-15(20)21)4-6-13(12)22-3/h4-7,9-10H,8H2,1-3H3,(H,20,21)(H2,17,18,19,23)/b7-5+. The van der Waals surface area contributed by atoms with Crippen molar-refractivity contribution in [2.75, 3.05) is 12.4 Å². The van der Waals surface area contributed by atoms with Gasteiger partial charge >= 0.3 is 5.97 Å². The molecule has 0 fully saturated rings. The largest absolute Gasteiger partial charge is 0.495 e. The van der Waals surface area contributed by atoms with Gasteiger partial charge in [-0.1, -0.05) is 19.9 Å². The minimum absolute atomic E-state index is 0.160. The van der Waals surface area contributed by atoms with Crippen molar-refractivity contribution in [1.29, 1.82) is 0 Å². The number of hydrogen-bond donors (Lipinski definition) is 3. The van der Waals surface area contributed by atoms with E-state index in [0.717, 1.165) is 6.08 Å². The molecule has 1 aromatic rings. The molecule has 0 saturated heterocycles.